The van der Waals surface area contributed by atoms with Crippen LogP contribution < -0.4 is 0 Å². The molecular weight excluding hydrogens is 176 g/mol. The molecular formula is C6H10N4OS. The van der Waals surface area contributed by atoms with Gasteiger partial charge in [-0.2, -0.15) is 5.21 Å². The lowest BCUT2D eigenvalue weighted by Crippen LogP contribution is -2.24. The number of hydrogen-bond donors (Lipinski definition) is 1. The summed E-state index contributed by atoms with van der Waals surface area (Å²) in [4.78, 5) is 0. The summed E-state index contributed by atoms with van der Waals surface area (Å²) in [6, 6.07) is 0. The highest BCUT2D eigenvalue weighted by Crippen LogP contribution is 2.42. The van der Waals surface area contributed by atoms with Gasteiger partial charge in [-0.15, -0.1) is 0 Å². The molecule has 0 amide bonds. The molecule has 6 heteroatoms. The van der Waals surface area contributed by atoms with Gasteiger partial charge in [-0.05, 0) is 25.1 Å². The highest BCUT2D eigenvalue weighted by molar-refractivity contribution is 7.71. The monoisotopic (exact) mass is 186 g/mol. The van der Waals surface area contributed by atoms with Gasteiger partial charge in [0.1, 0.15) is 0 Å². The Morgan fingerprint density at radius 1 is 1.75 bits per heavy atom. The molecule has 0 radical (unpaired) electrons. The van der Waals surface area contributed by atoms with Crippen molar-refractivity contribution in [1.29, 1.82) is 0 Å². The van der Waals surface area contributed by atoms with E-state index in [1.807, 2.05) is 4.68 Å². The van der Waals surface area contributed by atoms with E-state index < -0.39 is 0 Å². The zero-order valence-electron chi connectivity index (χ0n) is 6.78. The molecule has 1 N–H and O–H groups in total. The van der Waals surface area contributed by atoms with Gasteiger partial charge < -0.3 is 4.74 Å². The predicted octanol–water partition coefficient (Wildman–Crippen LogP) is 0.471. The minimum absolute atomic E-state index is 0.0231. The number of ether oxygens (including phenoxy) is 1. The summed E-state index contributed by atoms with van der Waals surface area (Å²) in [7, 11) is 1.69. The van der Waals surface area contributed by atoms with E-state index in [1.165, 1.54) is 0 Å². The van der Waals surface area contributed by atoms with Gasteiger partial charge in [-0.3, -0.25) is 0 Å². The number of nitrogens with one attached hydrogen (secondary N) is 1. The zero-order chi connectivity index (χ0) is 8.60. The summed E-state index contributed by atoms with van der Waals surface area (Å²) in [6.07, 6.45) is 2.16. The Hall–Kier alpha value is -0.750. The summed E-state index contributed by atoms with van der Waals surface area (Å²) in [6.45, 7) is 0.672. The van der Waals surface area contributed by atoms with Crippen molar-refractivity contribution in [2.45, 2.75) is 18.4 Å². The highest BCUT2D eigenvalue weighted by atomic mass is 32.1. The Morgan fingerprint density at radius 3 is 2.92 bits per heavy atom. The Balaban J connectivity index is 2.30. The number of H-pyrrole nitrogens is 1. The van der Waals surface area contributed by atoms with Gasteiger partial charge in [-0.1, -0.05) is 10.3 Å². The first kappa shape index (κ1) is 7.88. The third-order valence-corrected chi connectivity index (χ3v) is 2.45. The smallest absolute Gasteiger partial charge is 0.238 e. The van der Waals surface area contributed by atoms with Crippen molar-refractivity contribution >= 4 is 12.2 Å². The average Bonchev–Trinajstić information content (AvgIpc) is 2.68. The summed E-state index contributed by atoms with van der Waals surface area (Å²) in [5, 5.41) is 10.1. The normalized spacial score (nSPS) is 19.4. The molecule has 12 heavy (non-hydrogen) atoms. The van der Waals surface area contributed by atoms with Crippen molar-refractivity contribution in [3.8, 4) is 0 Å². The van der Waals surface area contributed by atoms with Crippen LogP contribution in [0.5, 0.6) is 0 Å². The molecule has 0 spiro atoms. The first-order valence-corrected chi connectivity index (χ1v) is 4.19. The van der Waals surface area contributed by atoms with Crippen LogP contribution in [0.25, 0.3) is 0 Å². The summed E-state index contributed by atoms with van der Waals surface area (Å²) in [5.74, 6) is 0. The average molecular weight is 186 g/mol. The molecule has 0 atom stereocenters. The van der Waals surface area contributed by atoms with Gasteiger partial charge in [-0.25, -0.2) is 4.68 Å². The van der Waals surface area contributed by atoms with E-state index in [4.69, 9.17) is 17.0 Å². The Bertz CT molecular complexity index is 326. The van der Waals surface area contributed by atoms with Crippen LogP contribution in [0.4, 0.5) is 0 Å². The van der Waals surface area contributed by atoms with E-state index in [1.54, 1.807) is 7.11 Å². The van der Waals surface area contributed by atoms with Crippen LogP contribution in [-0.2, 0) is 10.3 Å². The zero-order valence-corrected chi connectivity index (χ0v) is 7.60. The van der Waals surface area contributed by atoms with Gasteiger partial charge >= 0.3 is 0 Å². The van der Waals surface area contributed by atoms with Crippen molar-refractivity contribution in [1.82, 2.24) is 20.2 Å². The number of methoxy groups -OCH3 is 1. The lowest BCUT2D eigenvalue weighted by molar-refractivity contribution is 0.135. The maximum atomic E-state index is 5.11. The van der Waals surface area contributed by atoms with Crippen molar-refractivity contribution in [3.05, 3.63) is 4.77 Å². The van der Waals surface area contributed by atoms with E-state index in [0.717, 1.165) is 12.8 Å². The third kappa shape index (κ3) is 1.07. The van der Waals surface area contributed by atoms with E-state index in [2.05, 4.69) is 15.5 Å². The Labute approximate surface area is 74.7 Å². The summed E-state index contributed by atoms with van der Waals surface area (Å²) < 4.78 is 7.42. The Kier molecular flexibility index (Phi) is 1.73. The molecule has 0 aromatic carbocycles. The molecule has 5 nitrogen and oxygen atoms in total. The third-order valence-electron chi connectivity index (χ3n) is 2.19. The molecule has 1 aliphatic rings. The molecule has 66 valence electrons. The molecule has 0 saturated heterocycles. The molecule has 1 aromatic heterocycles. The number of tetrazole rings is 1. The van der Waals surface area contributed by atoms with Crippen molar-refractivity contribution < 1.29 is 4.74 Å². The molecule has 1 saturated carbocycles. The van der Waals surface area contributed by atoms with Gasteiger partial charge in [0.2, 0.25) is 4.77 Å². The molecule has 0 bridgehead atoms. The SMILES string of the molecule is COCC1(n2[nH]nnc2=S)CC1. The fourth-order valence-corrected chi connectivity index (χ4v) is 1.63. The molecule has 0 unspecified atom stereocenters. The van der Waals surface area contributed by atoms with E-state index in [0.29, 0.717) is 11.4 Å². The molecule has 1 aromatic rings. The first-order valence-electron chi connectivity index (χ1n) is 3.78. The fourth-order valence-electron chi connectivity index (χ4n) is 1.35. The minimum Gasteiger partial charge on any atom is -0.382 e. The van der Waals surface area contributed by atoms with Gasteiger partial charge in [0, 0.05) is 7.11 Å². The van der Waals surface area contributed by atoms with Crippen LogP contribution in [0.3, 0.4) is 0 Å². The second-order valence-electron chi connectivity index (χ2n) is 3.08. The predicted molar refractivity (Wildman–Crippen MR) is 44.3 cm³/mol. The summed E-state index contributed by atoms with van der Waals surface area (Å²) >= 11 is 4.99. The summed E-state index contributed by atoms with van der Waals surface area (Å²) in [5.41, 5.74) is 0.0231. The number of aromatic nitrogens is 4. The minimum atomic E-state index is 0.0231. The van der Waals surface area contributed by atoms with Gasteiger partial charge in [0.15, 0.2) is 0 Å². The number of nitrogens with zero attached hydrogens (tertiary/aromatic N) is 3. The molecule has 1 fully saturated rings. The van der Waals surface area contributed by atoms with Gasteiger partial charge in [0.05, 0.1) is 12.1 Å². The van der Waals surface area contributed by atoms with Crippen molar-refractivity contribution in [2.75, 3.05) is 13.7 Å². The second-order valence-corrected chi connectivity index (χ2v) is 3.44. The Morgan fingerprint density at radius 2 is 2.50 bits per heavy atom. The quantitative estimate of drug-likeness (QED) is 0.697. The lowest BCUT2D eigenvalue weighted by Gasteiger charge is -2.13. The van der Waals surface area contributed by atoms with E-state index in [9.17, 15) is 0 Å². The van der Waals surface area contributed by atoms with Gasteiger partial charge in [0.25, 0.3) is 0 Å². The van der Waals surface area contributed by atoms with Crippen LogP contribution in [0.2, 0.25) is 0 Å². The van der Waals surface area contributed by atoms with Crippen LogP contribution in [0.1, 0.15) is 12.8 Å². The number of hydrogen-bond acceptors (Lipinski definition) is 4. The van der Waals surface area contributed by atoms with E-state index >= 15 is 0 Å². The number of aromatic amines is 1. The topological polar surface area (TPSA) is 55.7 Å². The van der Waals surface area contributed by atoms with Crippen molar-refractivity contribution in [3.63, 3.8) is 0 Å². The standard InChI is InChI=1S/C6H10N4OS/c1-11-4-6(2-3-6)10-5(12)7-8-9-10/h2-4H2,1H3,(H,7,9,12). The van der Waals surface area contributed by atoms with Crippen LogP contribution >= 0.6 is 12.2 Å². The lowest BCUT2D eigenvalue weighted by atomic mass is 10.3. The van der Waals surface area contributed by atoms with Crippen LogP contribution in [0, 0.1) is 4.77 Å². The maximum Gasteiger partial charge on any atom is 0.238 e. The highest BCUT2D eigenvalue weighted by Gasteiger charge is 2.46. The van der Waals surface area contributed by atoms with Crippen LogP contribution in [0.15, 0.2) is 0 Å². The van der Waals surface area contributed by atoms with Crippen LogP contribution in [-0.4, -0.2) is 33.9 Å². The second kappa shape index (κ2) is 2.63. The molecule has 1 heterocycles. The molecule has 1 aliphatic carbocycles. The van der Waals surface area contributed by atoms with E-state index in [-0.39, 0.29) is 5.54 Å². The largest absolute Gasteiger partial charge is 0.382 e. The number of rotatable bonds is 3. The molecule has 2 rings (SSSR count). The first-order chi connectivity index (χ1) is 5.78. The maximum absolute atomic E-state index is 5.11. The molecule has 0 aliphatic heterocycles. The fraction of sp³-hybridized carbons (Fsp3) is 0.833. The van der Waals surface area contributed by atoms with Crippen molar-refractivity contribution in [2.24, 2.45) is 0 Å².